The van der Waals surface area contributed by atoms with E-state index in [0.29, 0.717) is 12.5 Å². The minimum atomic E-state index is -0.509. The molecule has 4 nitrogen and oxygen atoms in total. The van der Waals surface area contributed by atoms with Gasteiger partial charge >= 0.3 is 0 Å². The maximum Gasteiger partial charge on any atom is 0.246 e. The van der Waals surface area contributed by atoms with Crippen LogP contribution in [0, 0.1) is 0 Å². The lowest BCUT2D eigenvalue weighted by atomic mass is 9.83. The van der Waals surface area contributed by atoms with E-state index in [4.69, 9.17) is 0 Å². The summed E-state index contributed by atoms with van der Waals surface area (Å²) in [6.45, 7) is 1.98. The lowest BCUT2D eigenvalue weighted by Gasteiger charge is -2.50. The van der Waals surface area contributed by atoms with Crippen LogP contribution in [0.1, 0.15) is 71.1 Å². The first kappa shape index (κ1) is 13.9. The van der Waals surface area contributed by atoms with Crippen molar-refractivity contribution in [2.24, 2.45) is 0 Å². The molecule has 1 saturated heterocycles. The van der Waals surface area contributed by atoms with Crippen molar-refractivity contribution in [2.45, 2.75) is 88.8 Å². The number of piperazine rings is 1. The molecule has 0 bridgehead atoms. The van der Waals surface area contributed by atoms with Gasteiger partial charge in [-0.15, -0.1) is 0 Å². The Bertz CT molecular complexity index is 395. The molecule has 3 aliphatic rings. The zero-order valence-electron chi connectivity index (χ0n) is 12.5. The normalized spacial score (nSPS) is 30.9. The molecular weight excluding hydrogens is 252 g/mol. The van der Waals surface area contributed by atoms with E-state index in [0.717, 1.165) is 38.5 Å². The van der Waals surface area contributed by atoms with Gasteiger partial charge in [-0.3, -0.25) is 9.59 Å². The van der Waals surface area contributed by atoms with Gasteiger partial charge in [-0.1, -0.05) is 39.0 Å². The Hall–Kier alpha value is -1.06. The van der Waals surface area contributed by atoms with Gasteiger partial charge in [0.1, 0.15) is 11.6 Å². The number of rotatable bonds is 2. The van der Waals surface area contributed by atoms with E-state index in [1.165, 1.54) is 19.3 Å². The molecule has 1 heterocycles. The SMILES string of the molecule is CCC1NC(=O)C2(CCCC2)N(C2CCCCC2)C1=O. The van der Waals surface area contributed by atoms with E-state index in [-0.39, 0.29) is 17.9 Å². The van der Waals surface area contributed by atoms with E-state index in [1.54, 1.807) is 0 Å². The molecule has 3 rings (SSSR count). The molecule has 2 amide bonds. The van der Waals surface area contributed by atoms with Crippen LogP contribution in [0.4, 0.5) is 0 Å². The van der Waals surface area contributed by atoms with Crippen LogP contribution in [-0.2, 0) is 9.59 Å². The second-order valence-electron chi connectivity index (χ2n) is 6.67. The summed E-state index contributed by atoms with van der Waals surface area (Å²) < 4.78 is 0. The molecule has 0 radical (unpaired) electrons. The fourth-order valence-electron chi connectivity index (χ4n) is 4.42. The second-order valence-corrected chi connectivity index (χ2v) is 6.67. The third kappa shape index (κ3) is 2.04. The summed E-state index contributed by atoms with van der Waals surface area (Å²) in [6.07, 6.45) is 10.4. The molecule has 1 spiro atoms. The van der Waals surface area contributed by atoms with Crippen molar-refractivity contribution in [3.05, 3.63) is 0 Å². The Morgan fingerprint density at radius 2 is 1.75 bits per heavy atom. The molecule has 2 aliphatic carbocycles. The molecule has 1 unspecified atom stereocenters. The largest absolute Gasteiger partial charge is 0.342 e. The smallest absolute Gasteiger partial charge is 0.246 e. The third-order valence-electron chi connectivity index (χ3n) is 5.50. The molecule has 0 aromatic carbocycles. The lowest BCUT2D eigenvalue weighted by Crippen LogP contribution is -2.71. The molecular formula is C16H26N2O2. The molecule has 1 N–H and O–H groups in total. The van der Waals surface area contributed by atoms with Gasteiger partial charge in [0.05, 0.1) is 0 Å². The number of nitrogens with zero attached hydrogens (tertiary/aromatic N) is 1. The Morgan fingerprint density at radius 3 is 2.35 bits per heavy atom. The van der Waals surface area contributed by atoms with Gasteiger partial charge in [0.15, 0.2) is 0 Å². The van der Waals surface area contributed by atoms with Crippen molar-refractivity contribution in [3.8, 4) is 0 Å². The molecule has 1 aliphatic heterocycles. The number of carbonyl (C=O) groups is 2. The van der Waals surface area contributed by atoms with Crippen molar-refractivity contribution in [1.82, 2.24) is 10.2 Å². The van der Waals surface area contributed by atoms with E-state index in [2.05, 4.69) is 5.32 Å². The van der Waals surface area contributed by atoms with Gasteiger partial charge in [-0.25, -0.2) is 0 Å². The molecule has 2 saturated carbocycles. The molecule has 0 aromatic heterocycles. The Labute approximate surface area is 121 Å². The highest BCUT2D eigenvalue weighted by molar-refractivity contribution is 6.00. The van der Waals surface area contributed by atoms with Crippen LogP contribution in [0.5, 0.6) is 0 Å². The highest BCUT2D eigenvalue weighted by atomic mass is 16.2. The van der Waals surface area contributed by atoms with Gasteiger partial charge in [0.25, 0.3) is 0 Å². The molecule has 20 heavy (non-hydrogen) atoms. The molecule has 4 heteroatoms. The predicted molar refractivity (Wildman–Crippen MR) is 77.1 cm³/mol. The van der Waals surface area contributed by atoms with Crippen molar-refractivity contribution < 1.29 is 9.59 Å². The highest BCUT2D eigenvalue weighted by Crippen LogP contribution is 2.42. The molecule has 3 fully saturated rings. The van der Waals surface area contributed by atoms with Gasteiger partial charge in [0.2, 0.25) is 11.8 Å². The van der Waals surface area contributed by atoms with Crippen LogP contribution in [0.2, 0.25) is 0 Å². The summed E-state index contributed by atoms with van der Waals surface area (Å²) in [7, 11) is 0. The lowest BCUT2D eigenvalue weighted by molar-refractivity contribution is -0.162. The van der Waals surface area contributed by atoms with E-state index in [9.17, 15) is 9.59 Å². The quantitative estimate of drug-likeness (QED) is 0.843. The number of carbonyl (C=O) groups excluding carboxylic acids is 2. The first-order chi connectivity index (χ1) is 9.69. The van der Waals surface area contributed by atoms with Crippen LogP contribution in [0.25, 0.3) is 0 Å². The maximum atomic E-state index is 12.9. The van der Waals surface area contributed by atoms with Crippen LogP contribution in [0.3, 0.4) is 0 Å². The number of hydrogen-bond acceptors (Lipinski definition) is 2. The number of amides is 2. The Balaban J connectivity index is 1.93. The fraction of sp³-hybridized carbons (Fsp3) is 0.875. The van der Waals surface area contributed by atoms with E-state index < -0.39 is 5.54 Å². The zero-order valence-corrected chi connectivity index (χ0v) is 12.5. The maximum absolute atomic E-state index is 12.9. The zero-order chi connectivity index (χ0) is 14.2. The summed E-state index contributed by atoms with van der Waals surface area (Å²) in [5.41, 5.74) is -0.509. The van der Waals surface area contributed by atoms with Crippen LogP contribution >= 0.6 is 0 Å². The average Bonchev–Trinajstić information content (AvgIpc) is 2.95. The molecule has 112 valence electrons. The van der Waals surface area contributed by atoms with Crippen molar-refractivity contribution in [1.29, 1.82) is 0 Å². The minimum absolute atomic E-state index is 0.118. The van der Waals surface area contributed by atoms with Gasteiger partial charge in [-0.2, -0.15) is 0 Å². The van der Waals surface area contributed by atoms with Gasteiger partial charge in [0, 0.05) is 6.04 Å². The Morgan fingerprint density at radius 1 is 1.10 bits per heavy atom. The van der Waals surface area contributed by atoms with Crippen LogP contribution in [0.15, 0.2) is 0 Å². The van der Waals surface area contributed by atoms with Gasteiger partial charge < -0.3 is 10.2 Å². The third-order valence-corrected chi connectivity index (χ3v) is 5.50. The standard InChI is InChI=1S/C16H26N2O2/c1-2-13-14(19)18(12-8-4-3-5-9-12)16(15(20)17-13)10-6-7-11-16/h12-13H,2-11H2,1H3,(H,17,20). The van der Waals surface area contributed by atoms with Crippen molar-refractivity contribution in [2.75, 3.05) is 0 Å². The first-order valence-electron chi connectivity index (χ1n) is 8.33. The monoisotopic (exact) mass is 278 g/mol. The summed E-state index contributed by atoms with van der Waals surface area (Å²) in [6, 6.07) is 0.00472. The topological polar surface area (TPSA) is 49.4 Å². The highest BCUT2D eigenvalue weighted by Gasteiger charge is 2.55. The second kappa shape index (κ2) is 5.38. The summed E-state index contributed by atoms with van der Waals surface area (Å²) in [5, 5.41) is 2.99. The first-order valence-corrected chi connectivity index (χ1v) is 8.33. The van der Waals surface area contributed by atoms with Crippen LogP contribution < -0.4 is 5.32 Å². The summed E-state index contributed by atoms with van der Waals surface area (Å²) in [4.78, 5) is 27.6. The summed E-state index contributed by atoms with van der Waals surface area (Å²) in [5.74, 6) is 0.299. The van der Waals surface area contributed by atoms with Crippen molar-refractivity contribution in [3.63, 3.8) is 0 Å². The average molecular weight is 278 g/mol. The molecule has 1 atom stereocenters. The fourth-order valence-corrected chi connectivity index (χ4v) is 4.42. The number of nitrogens with one attached hydrogen (secondary N) is 1. The summed E-state index contributed by atoms with van der Waals surface area (Å²) >= 11 is 0. The van der Waals surface area contributed by atoms with E-state index in [1.807, 2.05) is 11.8 Å². The Kier molecular flexibility index (Phi) is 3.74. The van der Waals surface area contributed by atoms with Crippen molar-refractivity contribution >= 4 is 11.8 Å². The van der Waals surface area contributed by atoms with Gasteiger partial charge in [-0.05, 0) is 32.1 Å². The van der Waals surface area contributed by atoms with Crippen LogP contribution in [-0.4, -0.2) is 34.3 Å². The number of hydrogen-bond donors (Lipinski definition) is 1. The van der Waals surface area contributed by atoms with E-state index >= 15 is 0 Å². The molecule has 0 aromatic rings. The predicted octanol–water partition coefficient (Wildman–Crippen LogP) is 2.37. The minimum Gasteiger partial charge on any atom is -0.342 e.